The second-order valence-electron chi connectivity index (χ2n) is 6.95. The number of methoxy groups -OCH3 is 1. The van der Waals surface area contributed by atoms with Crippen LogP contribution >= 0.6 is 0 Å². The van der Waals surface area contributed by atoms with Crippen LogP contribution in [-0.2, 0) is 32.2 Å². The van der Waals surface area contributed by atoms with E-state index in [1.54, 1.807) is 7.11 Å². The largest absolute Gasteiger partial charge is 0.497 e. The topological polar surface area (TPSA) is 54.0 Å². The van der Waals surface area contributed by atoms with E-state index in [4.69, 9.17) is 18.9 Å². The van der Waals surface area contributed by atoms with Crippen LogP contribution in [0, 0.1) is 5.92 Å². The van der Waals surface area contributed by atoms with Crippen molar-refractivity contribution in [3.05, 3.63) is 65.7 Å². The van der Waals surface area contributed by atoms with Gasteiger partial charge in [-0.05, 0) is 29.7 Å². The Hall–Kier alpha value is -2.21. The lowest BCUT2D eigenvalue weighted by Crippen LogP contribution is -2.30. The van der Waals surface area contributed by atoms with Crippen LogP contribution in [0.4, 0.5) is 0 Å². The van der Waals surface area contributed by atoms with E-state index >= 15 is 0 Å². The van der Waals surface area contributed by atoms with Gasteiger partial charge in [0.25, 0.3) is 0 Å². The molecule has 0 radical (unpaired) electrons. The predicted molar refractivity (Wildman–Crippen MR) is 113 cm³/mol. The Morgan fingerprint density at radius 1 is 0.931 bits per heavy atom. The standard InChI is InChI=1S/C24H32O5/c1-4-23(25)19(2)24(29-18-28-17-20-8-6-5-7-9-20)14-15-27-16-21-10-12-22(26-3)13-11-21/h5-13,19,24H,4,14-18H2,1-3H3/t19-,24-/m0/s1. The minimum Gasteiger partial charge on any atom is -0.497 e. The van der Waals surface area contributed by atoms with Crippen molar-refractivity contribution < 1.29 is 23.7 Å². The Bertz CT molecular complexity index is 699. The molecule has 0 heterocycles. The second-order valence-corrected chi connectivity index (χ2v) is 6.95. The summed E-state index contributed by atoms with van der Waals surface area (Å²) in [5, 5.41) is 0. The van der Waals surface area contributed by atoms with Crippen molar-refractivity contribution in [2.75, 3.05) is 20.5 Å². The molecule has 0 spiro atoms. The zero-order valence-corrected chi connectivity index (χ0v) is 17.6. The molecule has 0 bridgehead atoms. The highest BCUT2D eigenvalue weighted by molar-refractivity contribution is 5.80. The van der Waals surface area contributed by atoms with Crippen LogP contribution in [0.1, 0.15) is 37.8 Å². The molecule has 0 aromatic heterocycles. The van der Waals surface area contributed by atoms with Crippen LogP contribution in [0.3, 0.4) is 0 Å². The molecule has 0 unspecified atom stereocenters. The SMILES string of the molecule is CCC(=O)[C@H](C)[C@H](CCOCc1ccc(OC)cc1)OCOCc1ccccc1. The molecule has 5 heteroatoms. The normalized spacial score (nSPS) is 13.1. The first-order valence-electron chi connectivity index (χ1n) is 10.1. The van der Waals surface area contributed by atoms with Crippen LogP contribution in [-0.4, -0.2) is 32.4 Å². The van der Waals surface area contributed by atoms with E-state index in [2.05, 4.69) is 0 Å². The van der Waals surface area contributed by atoms with Crippen LogP contribution in [0.5, 0.6) is 5.75 Å². The van der Waals surface area contributed by atoms with Gasteiger partial charge in [0.05, 0.1) is 26.4 Å². The highest BCUT2D eigenvalue weighted by Gasteiger charge is 2.23. The summed E-state index contributed by atoms with van der Waals surface area (Å²) < 4.78 is 22.5. The third-order valence-electron chi connectivity index (χ3n) is 4.87. The minimum atomic E-state index is -0.228. The summed E-state index contributed by atoms with van der Waals surface area (Å²) in [5.41, 5.74) is 2.17. The van der Waals surface area contributed by atoms with Crippen LogP contribution in [0.25, 0.3) is 0 Å². The number of rotatable bonds is 14. The van der Waals surface area contributed by atoms with E-state index in [1.165, 1.54) is 0 Å². The predicted octanol–water partition coefficient (Wildman–Crippen LogP) is 4.78. The lowest BCUT2D eigenvalue weighted by atomic mass is 9.96. The van der Waals surface area contributed by atoms with E-state index in [-0.39, 0.29) is 24.6 Å². The number of Topliss-reactive ketones (excluding diaryl/α,β-unsaturated/α-hetero) is 1. The summed E-state index contributed by atoms with van der Waals surface area (Å²) in [6.45, 7) is 5.45. The van der Waals surface area contributed by atoms with Crippen LogP contribution < -0.4 is 4.74 Å². The van der Waals surface area contributed by atoms with Gasteiger partial charge >= 0.3 is 0 Å². The number of carbonyl (C=O) groups excluding carboxylic acids is 1. The van der Waals surface area contributed by atoms with Crippen molar-refractivity contribution in [2.45, 2.75) is 46.0 Å². The average molecular weight is 401 g/mol. The van der Waals surface area contributed by atoms with Gasteiger partial charge in [-0.1, -0.05) is 56.3 Å². The van der Waals surface area contributed by atoms with Crippen molar-refractivity contribution in [3.8, 4) is 5.75 Å². The van der Waals surface area contributed by atoms with Gasteiger partial charge in [-0.25, -0.2) is 0 Å². The monoisotopic (exact) mass is 400 g/mol. The maximum atomic E-state index is 12.1. The van der Waals surface area contributed by atoms with Crippen molar-refractivity contribution >= 4 is 5.78 Å². The number of carbonyl (C=O) groups is 1. The molecule has 29 heavy (non-hydrogen) atoms. The molecule has 0 fully saturated rings. The van der Waals surface area contributed by atoms with Gasteiger partial charge < -0.3 is 18.9 Å². The fourth-order valence-electron chi connectivity index (χ4n) is 2.99. The van der Waals surface area contributed by atoms with Crippen LogP contribution in [0.15, 0.2) is 54.6 Å². The Morgan fingerprint density at radius 3 is 2.24 bits per heavy atom. The fraction of sp³-hybridized carbons (Fsp3) is 0.458. The van der Waals surface area contributed by atoms with E-state index in [0.717, 1.165) is 16.9 Å². The summed E-state index contributed by atoms with van der Waals surface area (Å²) in [6, 6.07) is 17.7. The third-order valence-corrected chi connectivity index (χ3v) is 4.87. The molecule has 2 aromatic carbocycles. The summed E-state index contributed by atoms with van der Waals surface area (Å²) >= 11 is 0. The van der Waals surface area contributed by atoms with E-state index in [9.17, 15) is 4.79 Å². The van der Waals surface area contributed by atoms with Gasteiger partial charge in [-0.2, -0.15) is 0 Å². The molecule has 2 aromatic rings. The number of ether oxygens (including phenoxy) is 4. The minimum absolute atomic E-state index is 0.152. The van der Waals surface area contributed by atoms with Crippen molar-refractivity contribution in [1.82, 2.24) is 0 Å². The number of ketones is 1. The molecule has 0 aliphatic heterocycles. The first-order chi connectivity index (χ1) is 14.1. The molecule has 0 amide bonds. The summed E-state index contributed by atoms with van der Waals surface area (Å²) in [6.07, 6.45) is 0.908. The maximum Gasteiger partial charge on any atom is 0.147 e. The Morgan fingerprint density at radius 2 is 1.59 bits per heavy atom. The van der Waals surface area contributed by atoms with E-state index in [1.807, 2.05) is 68.4 Å². The van der Waals surface area contributed by atoms with Crippen LogP contribution in [0.2, 0.25) is 0 Å². The molecular formula is C24H32O5. The first kappa shape index (κ1) is 23.1. The quantitative estimate of drug-likeness (QED) is 0.337. The Balaban J connectivity index is 1.76. The van der Waals surface area contributed by atoms with Crippen molar-refractivity contribution in [1.29, 1.82) is 0 Å². The second kappa shape index (κ2) is 13.1. The molecule has 158 valence electrons. The molecule has 5 nitrogen and oxygen atoms in total. The highest BCUT2D eigenvalue weighted by atomic mass is 16.7. The lowest BCUT2D eigenvalue weighted by molar-refractivity contribution is -0.140. The van der Waals surface area contributed by atoms with Crippen molar-refractivity contribution in [2.24, 2.45) is 5.92 Å². The van der Waals surface area contributed by atoms with Gasteiger partial charge in [0.1, 0.15) is 18.3 Å². The number of hydrogen-bond donors (Lipinski definition) is 0. The number of benzene rings is 2. The van der Waals surface area contributed by atoms with Gasteiger partial charge in [-0.3, -0.25) is 4.79 Å². The van der Waals surface area contributed by atoms with Gasteiger partial charge in [-0.15, -0.1) is 0 Å². The zero-order valence-electron chi connectivity index (χ0n) is 17.6. The molecule has 0 aliphatic carbocycles. The molecule has 2 rings (SSSR count). The molecular weight excluding hydrogens is 368 g/mol. The smallest absolute Gasteiger partial charge is 0.147 e. The van der Waals surface area contributed by atoms with E-state index < -0.39 is 0 Å². The average Bonchev–Trinajstić information content (AvgIpc) is 2.78. The van der Waals surface area contributed by atoms with E-state index in [0.29, 0.717) is 32.7 Å². The highest BCUT2D eigenvalue weighted by Crippen LogP contribution is 2.16. The summed E-state index contributed by atoms with van der Waals surface area (Å²) in [4.78, 5) is 12.1. The molecule has 0 saturated carbocycles. The molecule has 0 saturated heterocycles. The first-order valence-corrected chi connectivity index (χ1v) is 10.1. The summed E-state index contributed by atoms with van der Waals surface area (Å²) in [7, 11) is 1.65. The zero-order chi connectivity index (χ0) is 20.9. The fourth-order valence-corrected chi connectivity index (χ4v) is 2.99. The lowest BCUT2D eigenvalue weighted by Gasteiger charge is -2.23. The molecule has 0 aliphatic rings. The Kier molecular flexibility index (Phi) is 10.4. The number of hydrogen-bond acceptors (Lipinski definition) is 5. The summed E-state index contributed by atoms with van der Waals surface area (Å²) in [5.74, 6) is 0.822. The Labute approximate surface area is 173 Å². The van der Waals surface area contributed by atoms with Gasteiger partial charge in [0.2, 0.25) is 0 Å². The van der Waals surface area contributed by atoms with Gasteiger partial charge in [0, 0.05) is 18.9 Å². The van der Waals surface area contributed by atoms with Gasteiger partial charge in [0.15, 0.2) is 0 Å². The maximum absolute atomic E-state index is 12.1. The molecule has 0 N–H and O–H groups in total. The molecule has 2 atom stereocenters. The third kappa shape index (κ3) is 8.36. The van der Waals surface area contributed by atoms with Crippen molar-refractivity contribution in [3.63, 3.8) is 0 Å².